The molecule has 0 atom stereocenters. The maximum atomic E-state index is 12.4. The Balaban J connectivity index is 1.56. The third-order valence-electron chi connectivity index (χ3n) is 5.44. The summed E-state index contributed by atoms with van der Waals surface area (Å²) in [4.78, 5) is 14.9. The molecule has 0 unspecified atom stereocenters. The lowest BCUT2D eigenvalue weighted by Crippen LogP contribution is -2.40. The Labute approximate surface area is 179 Å². The van der Waals surface area contributed by atoms with Gasteiger partial charge in [0.15, 0.2) is 0 Å². The summed E-state index contributed by atoms with van der Waals surface area (Å²) in [7, 11) is -3.56. The number of hydrogen-bond acceptors (Lipinski definition) is 4. The predicted octanol–water partition coefficient (Wildman–Crippen LogP) is 2.93. The molecule has 2 aromatic carbocycles. The van der Waals surface area contributed by atoms with Crippen LogP contribution in [0.5, 0.6) is 0 Å². The maximum Gasteiger partial charge on any atom is 0.241 e. The van der Waals surface area contributed by atoms with Crippen molar-refractivity contribution in [3.05, 3.63) is 65.2 Å². The number of carbonyl (C=O) groups excluding carboxylic acids is 1. The number of hydrogen-bond donors (Lipinski definition) is 1. The van der Waals surface area contributed by atoms with Gasteiger partial charge in [0.05, 0.1) is 11.9 Å². The molecule has 1 amide bonds. The van der Waals surface area contributed by atoms with Gasteiger partial charge in [-0.25, -0.2) is 8.42 Å². The average molecular weight is 430 g/mol. The van der Waals surface area contributed by atoms with Gasteiger partial charge in [0.2, 0.25) is 15.9 Å². The highest BCUT2D eigenvalue weighted by Crippen LogP contribution is 2.18. The van der Waals surface area contributed by atoms with Gasteiger partial charge in [-0.15, -0.1) is 0 Å². The van der Waals surface area contributed by atoms with Gasteiger partial charge in [0.25, 0.3) is 0 Å². The zero-order chi connectivity index (χ0) is 21.6. The van der Waals surface area contributed by atoms with E-state index >= 15 is 0 Å². The Morgan fingerprint density at radius 3 is 2.10 bits per heavy atom. The summed E-state index contributed by atoms with van der Waals surface area (Å²) in [5, 5.41) is 2.83. The molecule has 1 aliphatic heterocycles. The summed E-state index contributed by atoms with van der Waals surface area (Å²) >= 11 is 0. The molecule has 1 aliphatic rings. The van der Waals surface area contributed by atoms with Crippen LogP contribution in [0.2, 0.25) is 0 Å². The monoisotopic (exact) mass is 429 g/mol. The van der Waals surface area contributed by atoms with E-state index in [0.29, 0.717) is 12.2 Å². The molecule has 1 fully saturated rings. The summed E-state index contributed by atoms with van der Waals surface area (Å²) < 4.78 is 25.6. The second kappa shape index (κ2) is 10.1. The summed E-state index contributed by atoms with van der Waals surface area (Å²) in [6, 6.07) is 15.5. The highest BCUT2D eigenvalue weighted by Gasteiger charge is 2.20. The summed E-state index contributed by atoms with van der Waals surface area (Å²) in [5.41, 5.74) is 3.87. The summed E-state index contributed by atoms with van der Waals surface area (Å²) in [6.45, 7) is 5.46. The summed E-state index contributed by atoms with van der Waals surface area (Å²) in [5.74, 6) is -0.332. The standard InChI is InChI=1S/C23H31N3O3S/c1-3-19-10-12-22(13-11-19)26(30(2,28)29)18-23(27)24-16-20-6-8-21(9-7-20)17-25-14-4-5-15-25/h6-13H,3-5,14-18H2,1-2H3,(H,24,27). The first kappa shape index (κ1) is 22.3. The molecule has 162 valence electrons. The Morgan fingerprint density at radius 1 is 0.967 bits per heavy atom. The molecule has 0 saturated carbocycles. The van der Waals surface area contributed by atoms with E-state index < -0.39 is 10.0 Å². The van der Waals surface area contributed by atoms with Crippen molar-refractivity contribution in [2.75, 3.05) is 30.2 Å². The third-order valence-corrected chi connectivity index (χ3v) is 6.58. The second-order valence-electron chi connectivity index (χ2n) is 7.87. The smallest absolute Gasteiger partial charge is 0.241 e. The minimum atomic E-state index is -3.56. The van der Waals surface area contributed by atoms with E-state index in [0.717, 1.165) is 47.7 Å². The van der Waals surface area contributed by atoms with Crippen molar-refractivity contribution in [2.45, 2.75) is 39.3 Å². The molecule has 2 aromatic rings. The molecular weight excluding hydrogens is 398 g/mol. The number of nitrogens with one attached hydrogen (secondary N) is 1. The number of rotatable bonds is 9. The van der Waals surface area contributed by atoms with Gasteiger partial charge in [-0.05, 0) is 61.2 Å². The van der Waals surface area contributed by atoms with Crippen molar-refractivity contribution in [3.63, 3.8) is 0 Å². The van der Waals surface area contributed by atoms with Gasteiger partial charge in [-0.3, -0.25) is 14.0 Å². The number of sulfonamides is 1. The molecular formula is C23H31N3O3S. The van der Waals surface area contributed by atoms with Crippen LogP contribution in [0, 0.1) is 0 Å². The molecule has 0 spiro atoms. The van der Waals surface area contributed by atoms with Crippen LogP contribution < -0.4 is 9.62 Å². The van der Waals surface area contributed by atoms with Crippen LogP contribution in [0.1, 0.15) is 36.5 Å². The lowest BCUT2D eigenvalue weighted by Gasteiger charge is -2.22. The first-order valence-electron chi connectivity index (χ1n) is 10.5. The van der Waals surface area contributed by atoms with E-state index in [1.54, 1.807) is 12.1 Å². The number of amides is 1. The topological polar surface area (TPSA) is 69.7 Å². The molecule has 7 heteroatoms. The van der Waals surface area contributed by atoms with Crippen LogP contribution in [-0.4, -0.2) is 45.1 Å². The van der Waals surface area contributed by atoms with Crippen molar-refractivity contribution in [1.82, 2.24) is 10.2 Å². The first-order chi connectivity index (χ1) is 14.3. The average Bonchev–Trinajstić information content (AvgIpc) is 3.24. The van der Waals surface area contributed by atoms with E-state index in [9.17, 15) is 13.2 Å². The molecule has 1 saturated heterocycles. The van der Waals surface area contributed by atoms with Crippen molar-refractivity contribution >= 4 is 21.6 Å². The largest absolute Gasteiger partial charge is 0.350 e. The number of anilines is 1. The normalized spacial score (nSPS) is 14.6. The van der Waals surface area contributed by atoms with E-state index in [1.807, 2.05) is 31.2 Å². The molecule has 6 nitrogen and oxygen atoms in total. The van der Waals surface area contributed by atoms with Crippen LogP contribution in [-0.2, 0) is 34.3 Å². The van der Waals surface area contributed by atoms with E-state index in [4.69, 9.17) is 0 Å². The molecule has 0 bridgehead atoms. The van der Waals surface area contributed by atoms with Crippen molar-refractivity contribution in [3.8, 4) is 0 Å². The fourth-order valence-electron chi connectivity index (χ4n) is 3.65. The molecule has 0 aliphatic carbocycles. The predicted molar refractivity (Wildman–Crippen MR) is 121 cm³/mol. The summed E-state index contributed by atoms with van der Waals surface area (Å²) in [6.07, 6.45) is 4.54. The Hall–Kier alpha value is -2.38. The van der Waals surface area contributed by atoms with Crippen LogP contribution in [0.25, 0.3) is 0 Å². The molecule has 0 aromatic heterocycles. The highest BCUT2D eigenvalue weighted by molar-refractivity contribution is 7.92. The van der Waals surface area contributed by atoms with Crippen molar-refractivity contribution < 1.29 is 13.2 Å². The van der Waals surface area contributed by atoms with Gasteiger partial charge < -0.3 is 5.32 Å². The zero-order valence-electron chi connectivity index (χ0n) is 17.8. The molecule has 3 rings (SSSR count). The molecule has 0 radical (unpaired) electrons. The minimum Gasteiger partial charge on any atom is -0.350 e. The van der Waals surface area contributed by atoms with Gasteiger partial charge in [0.1, 0.15) is 6.54 Å². The van der Waals surface area contributed by atoms with Crippen LogP contribution >= 0.6 is 0 Å². The minimum absolute atomic E-state index is 0.239. The number of carbonyl (C=O) groups is 1. The lowest BCUT2D eigenvalue weighted by atomic mass is 10.1. The zero-order valence-corrected chi connectivity index (χ0v) is 18.6. The third kappa shape index (κ3) is 6.31. The second-order valence-corrected chi connectivity index (χ2v) is 9.77. The van der Waals surface area contributed by atoms with Gasteiger partial charge in [0, 0.05) is 13.1 Å². The van der Waals surface area contributed by atoms with Crippen LogP contribution in [0.3, 0.4) is 0 Å². The fourth-order valence-corrected chi connectivity index (χ4v) is 4.50. The Kier molecular flexibility index (Phi) is 7.50. The Bertz CT molecular complexity index is 935. The molecule has 30 heavy (non-hydrogen) atoms. The lowest BCUT2D eigenvalue weighted by molar-refractivity contribution is -0.119. The highest BCUT2D eigenvalue weighted by atomic mass is 32.2. The van der Waals surface area contributed by atoms with Crippen LogP contribution in [0.4, 0.5) is 5.69 Å². The molecule has 1 N–H and O–H groups in total. The Morgan fingerprint density at radius 2 is 1.53 bits per heavy atom. The number of benzene rings is 2. The van der Waals surface area contributed by atoms with Gasteiger partial charge >= 0.3 is 0 Å². The van der Waals surface area contributed by atoms with Gasteiger partial charge in [-0.2, -0.15) is 0 Å². The van der Waals surface area contributed by atoms with E-state index in [-0.39, 0.29) is 12.5 Å². The fraction of sp³-hybridized carbons (Fsp3) is 0.435. The SMILES string of the molecule is CCc1ccc(N(CC(=O)NCc2ccc(CN3CCCC3)cc2)S(C)(=O)=O)cc1. The van der Waals surface area contributed by atoms with Crippen LogP contribution in [0.15, 0.2) is 48.5 Å². The maximum absolute atomic E-state index is 12.4. The van der Waals surface area contributed by atoms with Gasteiger partial charge in [-0.1, -0.05) is 43.3 Å². The van der Waals surface area contributed by atoms with Crippen molar-refractivity contribution in [1.29, 1.82) is 0 Å². The van der Waals surface area contributed by atoms with E-state index in [1.165, 1.54) is 18.4 Å². The van der Waals surface area contributed by atoms with E-state index in [2.05, 4.69) is 22.3 Å². The number of nitrogens with zero attached hydrogens (tertiary/aromatic N) is 2. The number of aryl methyl sites for hydroxylation is 1. The number of likely N-dealkylation sites (tertiary alicyclic amines) is 1. The first-order valence-corrected chi connectivity index (χ1v) is 12.3. The van der Waals surface area contributed by atoms with Crippen molar-refractivity contribution in [2.24, 2.45) is 0 Å². The quantitative estimate of drug-likeness (QED) is 0.665. The molecule has 1 heterocycles.